The maximum Gasteiger partial charge on any atom is 0.264 e. The fourth-order valence-electron chi connectivity index (χ4n) is 4.89. The van der Waals surface area contributed by atoms with E-state index in [4.69, 9.17) is 23.2 Å². The summed E-state index contributed by atoms with van der Waals surface area (Å²) >= 11 is 16.1. The summed E-state index contributed by atoms with van der Waals surface area (Å²) in [6.07, 6.45) is 5.04. The molecule has 0 radical (unpaired) electrons. The molecule has 0 saturated heterocycles. The molecule has 1 fully saturated rings. The fourth-order valence-corrected chi connectivity index (χ4v) is 7.22. The van der Waals surface area contributed by atoms with E-state index in [1.165, 1.54) is 29.2 Å². The van der Waals surface area contributed by atoms with Crippen LogP contribution in [0.2, 0.25) is 10.0 Å². The van der Waals surface area contributed by atoms with Gasteiger partial charge < -0.3 is 10.2 Å². The number of hydrogen-bond donors (Lipinski definition) is 1. The van der Waals surface area contributed by atoms with Crippen molar-refractivity contribution in [3.63, 3.8) is 0 Å². The van der Waals surface area contributed by atoms with Crippen LogP contribution in [-0.4, -0.2) is 43.8 Å². The monoisotopic (exact) mass is 679 g/mol. The zero-order valence-electron chi connectivity index (χ0n) is 22.6. The van der Waals surface area contributed by atoms with Gasteiger partial charge in [0.2, 0.25) is 11.8 Å². The number of sulfonamides is 1. The summed E-state index contributed by atoms with van der Waals surface area (Å²) in [5, 5.41) is 3.47. The molecule has 11 heteroatoms. The van der Waals surface area contributed by atoms with Gasteiger partial charge in [-0.3, -0.25) is 13.9 Å². The number of nitrogens with one attached hydrogen (secondary N) is 1. The van der Waals surface area contributed by atoms with Crippen molar-refractivity contribution in [1.82, 2.24) is 10.2 Å². The molecule has 2 amide bonds. The second-order valence-corrected chi connectivity index (χ2v) is 13.7. The molecular weight excluding hydrogens is 649 g/mol. The number of carbonyl (C=O) groups excluding carboxylic acids is 2. The van der Waals surface area contributed by atoms with Crippen molar-refractivity contribution >= 4 is 66.7 Å². The molecule has 0 bridgehead atoms. The Balaban J connectivity index is 1.70. The Labute approximate surface area is 260 Å². The van der Waals surface area contributed by atoms with E-state index in [0.29, 0.717) is 0 Å². The molecule has 1 aliphatic rings. The van der Waals surface area contributed by atoms with Crippen molar-refractivity contribution < 1.29 is 18.0 Å². The molecular formula is C30H32BrCl2N3O4S. The lowest BCUT2D eigenvalue weighted by Gasteiger charge is -2.33. The standard InChI is InChI=1S/C30H32BrCl2N3O4S/c1-21(30(38)34-25-11-4-2-5-12-25)35(19-22-9-8-10-23(31)17-22)29(37)20-36(28-18-24(32)15-16-27(28)33)41(39,40)26-13-6-3-7-14-26/h3,6-10,13-18,21,25H,2,4-5,11-12,19-20H2,1H3,(H,34,38)/t21-/m0/s1. The van der Waals surface area contributed by atoms with Gasteiger partial charge in [0.15, 0.2) is 0 Å². The Morgan fingerprint density at radius 1 is 0.976 bits per heavy atom. The van der Waals surface area contributed by atoms with Crippen LogP contribution in [0.1, 0.15) is 44.6 Å². The number of carbonyl (C=O) groups is 2. The van der Waals surface area contributed by atoms with E-state index < -0.39 is 28.5 Å². The summed E-state index contributed by atoms with van der Waals surface area (Å²) in [4.78, 5) is 28.9. The highest BCUT2D eigenvalue weighted by molar-refractivity contribution is 9.10. The normalized spacial score (nSPS) is 14.7. The Hall–Kier alpha value is -2.59. The SMILES string of the molecule is C[C@@H](C(=O)NC1CCCCC1)N(Cc1cccc(Br)c1)C(=O)CN(c1cc(Cl)ccc1Cl)S(=O)(=O)c1ccccc1. The Bertz CT molecular complexity index is 1480. The lowest BCUT2D eigenvalue weighted by molar-refractivity contribution is -0.139. The smallest absolute Gasteiger partial charge is 0.264 e. The molecule has 0 heterocycles. The highest BCUT2D eigenvalue weighted by atomic mass is 79.9. The van der Waals surface area contributed by atoms with Gasteiger partial charge in [0.05, 0.1) is 15.6 Å². The van der Waals surface area contributed by atoms with Gasteiger partial charge in [-0.15, -0.1) is 0 Å². The van der Waals surface area contributed by atoms with Crippen LogP contribution in [0.4, 0.5) is 5.69 Å². The highest BCUT2D eigenvalue weighted by Gasteiger charge is 2.34. The third-order valence-corrected chi connectivity index (χ3v) is 9.97. The van der Waals surface area contributed by atoms with Crippen LogP contribution in [0.5, 0.6) is 0 Å². The number of nitrogens with zero attached hydrogens (tertiary/aromatic N) is 2. The average molecular weight is 681 g/mol. The van der Waals surface area contributed by atoms with Gasteiger partial charge in [-0.25, -0.2) is 8.42 Å². The van der Waals surface area contributed by atoms with Gasteiger partial charge in [0.25, 0.3) is 10.0 Å². The average Bonchev–Trinajstić information content (AvgIpc) is 2.96. The van der Waals surface area contributed by atoms with Crippen molar-refractivity contribution in [1.29, 1.82) is 0 Å². The quantitative estimate of drug-likeness (QED) is 0.255. The van der Waals surface area contributed by atoms with Gasteiger partial charge in [-0.2, -0.15) is 0 Å². The number of anilines is 1. The summed E-state index contributed by atoms with van der Waals surface area (Å²) in [6, 6.07) is 18.8. The zero-order chi connectivity index (χ0) is 29.6. The summed E-state index contributed by atoms with van der Waals surface area (Å²) in [7, 11) is -4.24. The Morgan fingerprint density at radius 3 is 2.37 bits per heavy atom. The maximum absolute atomic E-state index is 14.1. The first kappa shape index (κ1) is 31.3. The minimum absolute atomic E-state index is 0.00882. The highest BCUT2D eigenvalue weighted by Crippen LogP contribution is 2.33. The van der Waals surface area contributed by atoms with Gasteiger partial charge in [-0.1, -0.05) is 88.7 Å². The van der Waals surface area contributed by atoms with Crippen molar-refractivity contribution in [3.8, 4) is 0 Å². The number of hydrogen-bond acceptors (Lipinski definition) is 4. The van der Waals surface area contributed by atoms with Gasteiger partial charge >= 0.3 is 0 Å². The predicted molar refractivity (Wildman–Crippen MR) is 167 cm³/mol. The molecule has 218 valence electrons. The number of amides is 2. The maximum atomic E-state index is 14.1. The zero-order valence-corrected chi connectivity index (χ0v) is 26.5. The lowest BCUT2D eigenvalue weighted by Crippen LogP contribution is -2.53. The van der Waals surface area contributed by atoms with Crippen LogP contribution in [0.15, 0.2) is 82.2 Å². The minimum atomic E-state index is -4.24. The van der Waals surface area contributed by atoms with E-state index in [-0.39, 0.29) is 39.1 Å². The van der Waals surface area contributed by atoms with Gasteiger partial charge in [0.1, 0.15) is 12.6 Å². The molecule has 0 unspecified atom stereocenters. The molecule has 1 N–H and O–H groups in total. The van der Waals surface area contributed by atoms with Crippen LogP contribution in [0.3, 0.4) is 0 Å². The first-order chi connectivity index (χ1) is 19.6. The van der Waals surface area contributed by atoms with E-state index in [9.17, 15) is 18.0 Å². The second kappa shape index (κ2) is 14.1. The molecule has 4 rings (SSSR count). The number of rotatable bonds is 10. The molecule has 41 heavy (non-hydrogen) atoms. The van der Waals surface area contributed by atoms with Crippen LogP contribution in [0.25, 0.3) is 0 Å². The topological polar surface area (TPSA) is 86.8 Å². The minimum Gasteiger partial charge on any atom is -0.352 e. The molecule has 0 spiro atoms. The molecule has 1 aliphatic carbocycles. The van der Waals surface area contributed by atoms with Crippen LogP contribution < -0.4 is 9.62 Å². The summed E-state index contributed by atoms with van der Waals surface area (Å²) in [5.41, 5.74) is 0.849. The van der Waals surface area contributed by atoms with E-state index in [2.05, 4.69) is 21.2 Å². The van der Waals surface area contributed by atoms with Crippen molar-refractivity contribution in [2.45, 2.75) is 62.6 Å². The molecule has 1 saturated carbocycles. The van der Waals surface area contributed by atoms with Crippen LogP contribution >= 0.6 is 39.1 Å². The fraction of sp³-hybridized carbons (Fsp3) is 0.333. The van der Waals surface area contributed by atoms with Crippen molar-refractivity contribution in [2.75, 3.05) is 10.8 Å². The Morgan fingerprint density at radius 2 is 1.68 bits per heavy atom. The van der Waals surface area contributed by atoms with E-state index in [1.54, 1.807) is 31.2 Å². The summed E-state index contributed by atoms with van der Waals surface area (Å²) in [6.45, 7) is 1.17. The van der Waals surface area contributed by atoms with Crippen LogP contribution in [-0.2, 0) is 26.2 Å². The van der Waals surface area contributed by atoms with E-state index in [1.807, 2.05) is 24.3 Å². The third-order valence-electron chi connectivity index (χ3n) is 7.15. The van der Waals surface area contributed by atoms with Gasteiger partial charge in [-0.05, 0) is 67.8 Å². The first-order valence-corrected chi connectivity index (χ1v) is 16.4. The molecule has 0 aliphatic heterocycles. The Kier molecular flexibility index (Phi) is 10.7. The molecule has 1 atom stereocenters. The lowest BCUT2D eigenvalue weighted by atomic mass is 9.95. The van der Waals surface area contributed by atoms with E-state index >= 15 is 0 Å². The molecule has 3 aromatic carbocycles. The van der Waals surface area contributed by atoms with Gasteiger partial charge in [0, 0.05) is 22.1 Å². The van der Waals surface area contributed by atoms with Crippen LogP contribution in [0, 0.1) is 0 Å². The summed E-state index contributed by atoms with van der Waals surface area (Å²) < 4.78 is 29.6. The predicted octanol–water partition coefficient (Wildman–Crippen LogP) is 6.82. The number of benzene rings is 3. The molecule has 3 aromatic rings. The number of halogens is 3. The largest absolute Gasteiger partial charge is 0.352 e. The molecule has 7 nitrogen and oxygen atoms in total. The van der Waals surface area contributed by atoms with Crippen molar-refractivity contribution in [3.05, 3.63) is 92.9 Å². The third kappa shape index (κ3) is 8.03. The summed E-state index contributed by atoms with van der Waals surface area (Å²) in [5.74, 6) is -0.842. The molecule has 0 aromatic heterocycles. The second-order valence-electron chi connectivity index (χ2n) is 10.1. The van der Waals surface area contributed by atoms with E-state index in [0.717, 1.165) is 46.4 Å². The van der Waals surface area contributed by atoms with Crippen molar-refractivity contribution in [2.24, 2.45) is 0 Å². The first-order valence-electron chi connectivity index (χ1n) is 13.4.